The number of aliphatic hydroxyl groups excluding tert-OH is 1. The molecule has 1 aliphatic rings. The second-order valence-electron chi connectivity index (χ2n) is 10.8. The van der Waals surface area contributed by atoms with Crippen LogP contribution in [0.1, 0.15) is 70.1 Å². The van der Waals surface area contributed by atoms with Gasteiger partial charge in [-0.15, -0.1) is 0 Å². The van der Waals surface area contributed by atoms with E-state index in [1.165, 1.54) is 0 Å². The van der Waals surface area contributed by atoms with Crippen molar-refractivity contribution in [3.8, 4) is 11.1 Å². The van der Waals surface area contributed by atoms with E-state index in [2.05, 4.69) is 41.7 Å². The van der Waals surface area contributed by atoms with Crippen LogP contribution in [0.3, 0.4) is 0 Å². The zero-order valence-corrected chi connectivity index (χ0v) is 22.2. The van der Waals surface area contributed by atoms with Gasteiger partial charge in [0.1, 0.15) is 17.4 Å². The third-order valence-electron chi connectivity index (χ3n) is 6.74. The minimum atomic E-state index is -0.969. The lowest BCUT2D eigenvalue weighted by atomic mass is 9.79. The van der Waals surface area contributed by atoms with Gasteiger partial charge in [0, 0.05) is 12.8 Å². The first-order valence-corrected chi connectivity index (χ1v) is 13.1. The standard InChI is InChI=1S/C32H37NO4/c1-5-13-23(34)20-24(35)21-29(30(36)37-31(2,3)4)33-32(22-14-7-6-8-15-22)27-18-11-9-16-25(27)26-17-10-12-19-28(26)32/h6-12,14-19,24,29,33,35H,5,13,20-21H2,1-4H3/t24?,29-/m0/s1. The van der Waals surface area contributed by atoms with Crippen LogP contribution in [-0.2, 0) is 19.9 Å². The Morgan fingerprint density at radius 2 is 1.43 bits per heavy atom. The van der Waals surface area contributed by atoms with E-state index < -0.39 is 29.3 Å². The van der Waals surface area contributed by atoms with Crippen molar-refractivity contribution in [1.29, 1.82) is 0 Å². The molecule has 0 bridgehead atoms. The molecule has 5 nitrogen and oxygen atoms in total. The molecule has 0 fully saturated rings. The van der Waals surface area contributed by atoms with Crippen LogP contribution in [0.5, 0.6) is 0 Å². The van der Waals surface area contributed by atoms with E-state index in [1.807, 2.05) is 70.2 Å². The molecule has 0 spiro atoms. The predicted octanol–water partition coefficient (Wildman–Crippen LogP) is 5.77. The number of carbonyl (C=O) groups excluding carboxylic acids is 2. The summed E-state index contributed by atoms with van der Waals surface area (Å²) >= 11 is 0. The third kappa shape index (κ3) is 5.68. The number of hydrogen-bond donors (Lipinski definition) is 2. The largest absolute Gasteiger partial charge is 0.459 e. The highest BCUT2D eigenvalue weighted by atomic mass is 16.6. The summed E-state index contributed by atoms with van der Waals surface area (Å²) in [6.45, 7) is 7.43. The molecule has 5 heteroatoms. The quantitative estimate of drug-likeness (QED) is 0.347. The number of benzene rings is 3. The first-order valence-electron chi connectivity index (χ1n) is 13.1. The fraction of sp³-hybridized carbons (Fsp3) is 0.375. The van der Waals surface area contributed by atoms with Crippen LogP contribution in [0.25, 0.3) is 11.1 Å². The maximum absolute atomic E-state index is 13.6. The van der Waals surface area contributed by atoms with Gasteiger partial charge < -0.3 is 9.84 Å². The van der Waals surface area contributed by atoms with Crippen molar-refractivity contribution in [2.24, 2.45) is 0 Å². The highest BCUT2D eigenvalue weighted by Crippen LogP contribution is 2.51. The summed E-state index contributed by atoms with van der Waals surface area (Å²) in [6.07, 6.45) is 0.243. The average molecular weight is 500 g/mol. The van der Waals surface area contributed by atoms with Crippen molar-refractivity contribution < 1.29 is 19.4 Å². The van der Waals surface area contributed by atoms with Gasteiger partial charge in [0.25, 0.3) is 0 Å². The van der Waals surface area contributed by atoms with Crippen molar-refractivity contribution in [3.63, 3.8) is 0 Å². The van der Waals surface area contributed by atoms with Crippen LogP contribution in [0.15, 0.2) is 78.9 Å². The predicted molar refractivity (Wildman–Crippen MR) is 146 cm³/mol. The van der Waals surface area contributed by atoms with Crippen molar-refractivity contribution >= 4 is 11.8 Å². The van der Waals surface area contributed by atoms with E-state index in [0.717, 1.165) is 34.2 Å². The van der Waals surface area contributed by atoms with Gasteiger partial charge in [-0.25, -0.2) is 0 Å². The Bertz CT molecular complexity index is 1200. The Morgan fingerprint density at radius 1 is 0.892 bits per heavy atom. The molecular weight excluding hydrogens is 462 g/mol. The second-order valence-corrected chi connectivity index (χ2v) is 10.8. The SMILES string of the molecule is CCCC(=O)CC(O)C[C@H](NC1(c2ccccc2)c2ccccc2-c2ccccc21)C(=O)OC(C)(C)C. The molecule has 194 valence electrons. The van der Waals surface area contributed by atoms with Gasteiger partial charge >= 0.3 is 5.97 Å². The monoisotopic (exact) mass is 499 g/mol. The smallest absolute Gasteiger partial charge is 0.323 e. The number of esters is 1. The highest BCUT2D eigenvalue weighted by molar-refractivity contribution is 5.84. The molecule has 0 saturated carbocycles. The van der Waals surface area contributed by atoms with Gasteiger partial charge in [0.05, 0.1) is 11.6 Å². The molecule has 4 rings (SSSR count). The van der Waals surface area contributed by atoms with Crippen molar-refractivity contribution in [2.45, 2.75) is 76.7 Å². The lowest BCUT2D eigenvalue weighted by Crippen LogP contribution is -2.54. The first kappa shape index (κ1) is 26.8. The summed E-state index contributed by atoms with van der Waals surface area (Å²) in [6, 6.07) is 25.6. The maximum Gasteiger partial charge on any atom is 0.323 e. The summed E-state index contributed by atoms with van der Waals surface area (Å²) in [5, 5.41) is 14.6. The molecule has 0 aromatic heterocycles. The summed E-state index contributed by atoms with van der Waals surface area (Å²) in [4.78, 5) is 25.9. The van der Waals surface area contributed by atoms with Gasteiger partial charge in [-0.1, -0.05) is 85.8 Å². The average Bonchev–Trinajstić information content (AvgIpc) is 3.14. The summed E-state index contributed by atoms with van der Waals surface area (Å²) < 4.78 is 5.82. The maximum atomic E-state index is 13.6. The number of nitrogens with one attached hydrogen (secondary N) is 1. The first-order chi connectivity index (χ1) is 17.7. The second kappa shape index (κ2) is 11.0. The van der Waals surface area contributed by atoms with Crippen LogP contribution in [0.4, 0.5) is 0 Å². The Hall–Kier alpha value is -3.28. The van der Waals surface area contributed by atoms with E-state index in [4.69, 9.17) is 4.74 Å². The van der Waals surface area contributed by atoms with Crippen LogP contribution >= 0.6 is 0 Å². The van der Waals surface area contributed by atoms with Crippen LogP contribution in [0.2, 0.25) is 0 Å². The Kier molecular flexibility index (Phi) is 7.96. The number of carbonyl (C=O) groups is 2. The van der Waals surface area contributed by atoms with Crippen LogP contribution in [0, 0.1) is 0 Å². The Morgan fingerprint density at radius 3 is 1.97 bits per heavy atom. The number of ether oxygens (including phenoxy) is 1. The van der Waals surface area contributed by atoms with Gasteiger partial charge in [0.2, 0.25) is 0 Å². The molecule has 1 unspecified atom stereocenters. The summed E-state index contributed by atoms with van der Waals surface area (Å²) in [7, 11) is 0. The van der Waals surface area contributed by atoms with Crippen molar-refractivity contribution in [1.82, 2.24) is 5.32 Å². The molecule has 0 saturated heterocycles. The van der Waals surface area contributed by atoms with Gasteiger partial charge in [-0.05, 0) is 61.4 Å². The third-order valence-corrected chi connectivity index (χ3v) is 6.74. The van der Waals surface area contributed by atoms with Crippen molar-refractivity contribution in [3.05, 3.63) is 95.6 Å². The van der Waals surface area contributed by atoms with E-state index >= 15 is 0 Å². The van der Waals surface area contributed by atoms with E-state index in [9.17, 15) is 14.7 Å². The van der Waals surface area contributed by atoms with Crippen molar-refractivity contribution in [2.75, 3.05) is 0 Å². The molecule has 0 heterocycles. The molecule has 3 aromatic carbocycles. The lowest BCUT2D eigenvalue weighted by molar-refractivity contribution is -0.159. The van der Waals surface area contributed by atoms with Crippen LogP contribution < -0.4 is 5.32 Å². The van der Waals surface area contributed by atoms with Gasteiger partial charge in [-0.3, -0.25) is 14.9 Å². The fourth-order valence-corrected chi connectivity index (χ4v) is 5.32. The number of ketones is 1. The number of rotatable bonds is 10. The molecule has 3 aromatic rings. The Balaban J connectivity index is 1.83. The number of hydrogen-bond acceptors (Lipinski definition) is 5. The Labute approximate surface area is 219 Å². The van der Waals surface area contributed by atoms with Crippen LogP contribution in [-0.4, -0.2) is 34.6 Å². The van der Waals surface area contributed by atoms with Gasteiger partial charge in [0.15, 0.2) is 0 Å². The van der Waals surface area contributed by atoms with Gasteiger partial charge in [-0.2, -0.15) is 0 Å². The molecule has 1 aliphatic carbocycles. The minimum absolute atomic E-state index is 0.00716. The number of fused-ring (bicyclic) bond motifs is 3. The molecule has 0 aliphatic heterocycles. The molecule has 2 N–H and O–H groups in total. The van der Waals surface area contributed by atoms with E-state index in [-0.39, 0.29) is 18.6 Å². The lowest BCUT2D eigenvalue weighted by Gasteiger charge is -2.38. The minimum Gasteiger partial charge on any atom is -0.459 e. The fourth-order valence-electron chi connectivity index (χ4n) is 5.32. The van der Waals surface area contributed by atoms with E-state index in [0.29, 0.717) is 6.42 Å². The summed E-state index contributed by atoms with van der Waals surface area (Å²) in [5.74, 6) is -0.459. The molecule has 2 atom stereocenters. The molecule has 37 heavy (non-hydrogen) atoms. The zero-order valence-electron chi connectivity index (χ0n) is 22.2. The highest BCUT2D eigenvalue weighted by Gasteiger charge is 2.47. The normalized spacial score (nSPS) is 15.4. The number of Topliss-reactive ketones (excluding diaryl/α,β-unsaturated/α-hetero) is 1. The zero-order chi connectivity index (χ0) is 26.6. The molecular formula is C32H37NO4. The number of aliphatic hydroxyl groups is 1. The molecule has 0 radical (unpaired) electrons. The molecule has 0 amide bonds. The van der Waals surface area contributed by atoms with E-state index in [1.54, 1.807) is 0 Å². The topological polar surface area (TPSA) is 75.6 Å². The summed E-state index contributed by atoms with van der Waals surface area (Å²) in [5.41, 5.74) is 3.69.